The van der Waals surface area contributed by atoms with E-state index in [1.807, 2.05) is 0 Å². The highest BCUT2D eigenvalue weighted by Crippen LogP contribution is 2.33. The summed E-state index contributed by atoms with van der Waals surface area (Å²) in [5.41, 5.74) is 8.03. The van der Waals surface area contributed by atoms with Gasteiger partial charge in [0, 0.05) is 0 Å². The number of hydrogen-bond acceptors (Lipinski definition) is 2. The zero-order valence-electron chi connectivity index (χ0n) is 11.9. The summed E-state index contributed by atoms with van der Waals surface area (Å²) in [5.74, 6) is 0. The average Bonchev–Trinajstić information content (AvgIpc) is 2.45. The van der Waals surface area contributed by atoms with Crippen LogP contribution in [0.15, 0.2) is 48.5 Å². The minimum absolute atomic E-state index is 0.244. The Morgan fingerprint density at radius 1 is 0.950 bits per heavy atom. The summed E-state index contributed by atoms with van der Waals surface area (Å²) >= 11 is 0. The molecule has 102 valence electrons. The molecule has 0 saturated carbocycles. The summed E-state index contributed by atoms with van der Waals surface area (Å²) in [4.78, 5) is 5.28. The lowest BCUT2D eigenvalue weighted by molar-refractivity contribution is 0.0175. The largest absolute Gasteiger partial charge is 0.304 e. The standard InChI is InChI=1S/C18H19NO/c1-18(19-20-2)13-16-9-4-3-7-14(16)11-12-15-8-5-6-10-17(15)18/h3-12,19H,13H2,1-2H3/b12-11-. The Morgan fingerprint density at radius 3 is 2.40 bits per heavy atom. The number of rotatable bonds is 2. The molecule has 0 saturated heterocycles. The fourth-order valence-corrected chi connectivity index (χ4v) is 2.97. The summed E-state index contributed by atoms with van der Waals surface area (Å²) in [6, 6.07) is 17.0. The zero-order chi connectivity index (χ0) is 14.0. The summed E-state index contributed by atoms with van der Waals surface area (Å²) < 4.78 is 0. The summed E-state index contributed by atoms with van der Waals surface area (Å²) in [5, 5.41) is 0. The summed E-state index contributed by atoms with van der Waals surface area (Å²) in [6.45, 7) is 2.19. The number of hydrogen-bond donors (Lipinski definition) is 1. The fourth-order valence-electron chi connectivity index (χ4n) is 2.97. The van der Waals surface area contributed by atoms with Crippen molar-refractivity contribution >= 4 is 12.2 Å². The van der Waals surface area contributed by atoms with E-state index in [0.717, 1.165) is 6.42 Å². The predicted octanol–water partition coefficient (Wildman–Crippen LogP) is 3.78. The third kappa shape index (κ3) is 2.28. The first-order valence-corrected chi connectivity index (χ1v) is 6.88. The third-order valence-electron chi connectivity index (χ3n) is 3.92. The van der Waals surface area contributed by atoms with Crippen molar-refractivity contribution in [1.82, 2.24) is 5.48 Å². The van der Waals surface area contributed by atoms with Crippen molar-refractivity contribution in [3.8, 4) is 0 Å². The SMILES string of the molecule is CONC1(C)Cc2ccccc2/C=C\c2ccccc21. The predicted molar refractivity (Wildman–Crippen MR) is 83.0 cm³/mol. The highest BCUT2D eigenvalue weighted by molar-refractivity contribution is 5.74. The Morgan fingerprint density at radius 2 is 1.60 bits per heavy atom. The van der Waals surface area contributed by atoms with E-state index in [1.54, 1.807) is 7.11 Å². The molecule has 0 spiro atoms. The molecule has 1 aliphatic rings. The molecule has 0 aliphatic heterocycles. The quantitative estimate of drug-likeness (QED) is 0.834. The summed E-state index contributed by atoms with van der Waals surface area (Å²) in [7, 11) is 1.67. The van der Waals surface area contributed by atoms with Crippen LogP contribution in [0.25, 0.3) is 12.2 Å². The second-order valence-electron chi connectivity index (χ2n) is 5.43. The lowest BCUT2D eigenvalue weighted by Crippen LogP contribution is -2.41. The van der Waals surface area contributed by atoms with E-state index in [2.05, 4.69) is 73.1 Å². The van der Waals surface area contributed by atoms with Crippen LogP contribution in [0.3, 0.4) is 0 Å². The van der Waals surface area contributed by atoms with Crippen molar-refractivity contribution in [3.63, 3.8) is 0 Å². The number of fused-ring (bicyclic) bond motifs is 2. The molecule has 0 fully saturated rings. The third-order valence-corrected chi connectivity index (χ3v) is 3.92. The van der Waals surface area contributed by atoms with Crippen LogP contribution >= 0.6 is 0 Å². The molecule has 2 aromatic carbocycles. The molecule has 3 rings (SSSR count). The molecule has 0 radical (unpaired) electrons. The van der Waals surface area contributed by atoms with Gasteiger partial charge >= 0.3 is 0 Å². The molecule has 1 atom stereocenters. The van der Waals surface area contributed by atoms with Crippen LogP contribution in [0.5, 0.6) is 0 Å². The van der Waals surface area contributed by atoms with Crippen LogP contribution in [0.4, 0.5) is 0 Å². The molecule has 2 heteroatoms. The van der Waals surface area contributed by atoms with Gasteiger partial charge in [-0.2, -0.15) is 5.48 Å². The topological polar surface area (TPSA) is 21.3 Å². The minimum atomic E-state index is -0.244. The average molecular weight is 265 g/mol. The van der Waals surface area contributed by atoms with E-state index < -0.39 is 0 Å². The van der Waals surface area contributed by atoms with Gasteiger partial charge in [0.25, 0.3) is 0 Å². The maximum Gasteiger partial charge on any atom is 0.0698 e. The maximum atomic E-state index is 5.28. The highest BCUT2D eigenvalue weighted by Gasteiger charge is 2.30. The monoisotopic (exact) mass is 265 g/mol. The van der Waals surface area contributed by atoms with Crippen molar-refractivity contribution in [1.29, 1.82) is 0 Å². The van der Waals surface area contributed by atoms with E-state index in [-0.39, 0.29) is 5.54 Å². The molecule has 1 aliphatic carbocycles. The molecule has 0 heterocycles. The Bertz CT molecular complexity index is 647. The lowest BCUT2D eigenvalue weighted by atomic mass is 9.80. The molecular weight excluding hydrogens is 246 g/mol. The van der Waals surface area contributed by atoms with Crippen LogP contribution < -0.4 is 5.48 Å². The van der Waals surface area contributed by atoms with Crippen LogP contribution in [-0.4, -0.2) is 7.11 Å². The van der Waals surface area contributed by atoms with Gasteiger partial charge < -0.3 is 4.84 Å². The zero-order valence-corrected chi connectivity index (χ0v) is 11.9. The molecular formula is C18H19NO. The van der Waals surface area contributed by atoms with Gasteiger partial charge in [-0.1, -0.05) is 60.7 Å². The Balaban J connectivity index is 2.19. The van der Waals surface area contributed by atoms with Crippen molar-refractivity contribution < 1.29 is 4.84 Å². The Labute approximate surface area is 120 Å². The van der Waals surface area contributed by atoms with Crippen molar-refractivity contribution in [2.75, 3.05) is 7.11 Å². The maximum absolute atomic E-state index is 5.28. The van der Waals surface area contributed by atoms with Crippen molar-refractivity contribution in [2.45, 2.75) is 18.9 Å². The van der Waals surface area contributed by atoms with E-state index in [1.165, 1.54) is 22.3 Å². The van der Waals surface area contributed by atoms with Gasteiger partial charge in [-0.05, 0) is 35.6 Å². The second-order valence-corrected chi connectivity index (χ2v) is 5.43. The molecule has 2 aromatic rings. The van der Waals surface area contributed by atoms with E-state index in [4.69, 9.17) is 4.84 Å². The minimum Gasteiger partial charge on any atom is -0.304 e. The molecule has 1 N–H and O–H groups in total. The first-order chi connectivity index (χ1) is 9.73. The van der Waals surface area contributed by atoms with Crippen LogP contribution in [0.1, 0.15) is 29.2 Å². The number of benzene rings is 2. The van der Waals surface area contributed by atoms with Crippen LogP contribution in [0.2, 0.25) is 0 Å². The molecule has 20 heavy (non-hydrogen) atoms. The van der Waals surface area contributed by atoms with Gasteiger partial charge in [-0.3, -0.25) is 0 Å². The van der Waals surface area contributed by atoms with Crippen LogP contribution in [-0.2, 0) is 16.8 Å². The van der Waals surface area contributed by atoms with E-state index in [9.17, 15) is 0 Å². The van der Waals surface area contributed by atoms with Gasteiger partial charge in [0.05, 0.1) is 12.6 Å². The van der Waals surface area contributed by atoms with Gasteiger partial charge in [0.1, 0.15) is 0 Å². The molecule has 0 amide bonds. The highest BCUT2D eigenvalue weighted by atomic mass is 16.6. The lowest BCUT2D eigenvalue weighted by Gasteiger charge is -2.33. The smallest absolute Gasteiger partial charge is 0.0698 e. The van der Waals surface area contributed by atoms with Gasteiger partial charge in [-0.25, -0.2) is 0 Å². The van der Waals surface area contributed by atoms with Gasteiger partial charge in [0.15, 0.2) is 0 Å². The normalized spacial score (nSPS) is 22.3. The van der Waals surface area contributed by atoms with Gasteiger partial charge in [0.2, 0.25) is 0 Å². The van der Waals surface area contributed by atoms with E-state index >= 15 is 0 Å². The molecule has 2 nitrogen and oxygen atoms in total. The molecule has 0 aromatic heterocycles. The summed E-state index contributed by atoms with van der Waals surface area (Å²) in [6.07, 6.45) is 5.27. The van der Waals surface area contributed by atoms with Crippen LogP contribution in [0, 0.1) is 0 Å². The number of nitrogens with one attached hydrogen (secondary N) is 1. The second kappa shape index (κ2) is 5.23. The number of hydroxylamine groups is 1. The van der Waals surface area contributed by atoms with E-state index in [0.29, 0.717) is 0 Å². The van der Waals surface area contributed by atoms with Crippen molar-refractivity contribution in [2.24, 2.45) is 0 Å². The Hall–Kier alpha value is -1.90. The fraction of sp³-hybridized carbons (Fsp3) is 0.222. The van der Waals surface area contributed by atoms with Gasteiger partial charge in [-0.15, -0.1) is 0 Å². The molecule has 1 unspecified atom stereocenters. The Kier molecular flexibility index (Phi) is 3.43. The van der Waals surface area contributed by atoms with Crippen molar-refractivity contribution in [3.05, 3.63) is 70.8 Å². The molecule has 0 bridgehead atoms. The first kappa shape index (κ1) is 13.1. The first-order valence-electron chi connectivity index (χ1n) is 6.88.